The third-order valence-corrected chi connectivity index (χ3v) is 9.10. The summed E-state index contributed by atoms with van der Waals surface area (Å²) in [5, 5.41) is 3.28. The van der Waals surface area contributed by atoms with E-state index in [1.807, 2.05) is 47.8 Å². The molecule has 0 bridgehead atoms. The summed E-state index contributed by atoms with van der Waals surface area (Å²) in [6.07, 6.45) is 0.500. The highest BCUT2D eigenvalue weighted by Gasteiger charge is 2.36. The quantitative estimate of drug-likeness (QED) is 0.740. The van der Waals surface area contributed by atoms with Gasteiger partial charge in [-0.15, -0.1) is 23.5 Å². The molecule has 132 valence electrons. The number of carbonyl (C=O) groups is 1. The van der Waals surface area contributed by atoms with Gasteiger partial charge in [-0.1, -0.05) is 12.1 Å². The number of rotatable bonds is 4. The van der Waals surface area contributed by atoms with Gasteiger partial charge in [0.2, 0.25) is 0 Å². The molecule has 0 unspecified atom stereocenters. The summed E-state index contributed by atoms with van der Waals surface area (Å²) in [5.74, 6) is 2.40. The van der Waals surface area contributed by atoms with Crippen LogP contribution in [0.3, 0.4) is 0 Å². The Labute approximate surface area is 152 Å². The van der Waals surface area contributed by atoms with Crippen LogP contribution in [0.4, 0.5) is 0 Å². The van der Waals surface area contributed by atoms with Gasteiger partial charge in [0.15, 0.2) is 9.84 Å². The molecule has 0 spiro atoms. The van der Waals surface area contributed by atoms with Crippen LogP contribution in [-0.2, 0) is 9.84 Å². The molecule has 2 aliphatic rings. The van der Waals surface area contributed by atoms with Crippen molar-refractivity contribution in [3.05, 3.63) is 35.4 Å². The first kappa shape index (κ1) is 18.1. The number of hydrogen-bond donors (Lipinski definition) is 0. The van der Waals surface area contributed by atoms with Crippen molar-refractivity contribution in [2.24, 2.45) is 0 Å². The molecule has 1 atom stereocenters. The third kappa shape index (κ3) is 3.92. The van der Waals surface area contributed by atoms with Crippen LogP contribution in [0.15, 0.2) is 24.3 Å². The summed E-state index contributed by atoms with van der Waals surface area (Å²) in [4.78, 5) is 12.9. The smallest absolute Gasteiger partial charge is 0.268 e. The van der Waals surface area contributed by atoms with Crippen LogP contribution in [0, 0.1) is 0 Å². The molecule has 0 aliphatic carbocycles. The summed E-state index contributed by atoms with van der Waals surface area (Å²) < 4.78 is 24.0. The topological polar surface area (TPSA) is 57.7 Å². The van der Waals surface area contributed by atoms with Gasteiger partial charge in [0.1, 0.15) is 0 Å². The van der Waals surface area contributed by atoms with Crippen LogP contribution in [0.2, 0.25) is 0 Å². The molecule has 1 amide bonds. The van der Waals surface area contributed by atoms with E-state index < -0.39 is 9.84 Å². The highest BCUT2D eigenvalue weighted by Crippen LogP contribution is 2.45. The molecule has 1 aromatic carbocycles. The molecule has 0 radical (unpaired) electrons. The van der Waals surface area contributed by atoms with Crippen molar-refractivity contribution in [1.82, 2.24) is 10.0 Å². The zero-order valence-corrected chi connectivity index (χ0v) is 16.3. The minimum atomic E-state index is -3.03. The number of carbonyl (C=O) groups excluding carboxylic acids is 1. The van der Waals surface area contributed by atoms with E-state index in [2.05, 4.69) is 0 Å². The Morgan fingerprint density at radius 3 is 2.25 bits per heavy atom. The second kappa shape index (κ2) is 7.27. The molecule has 8 heteroatoms. The summed E-state index contributed by atoms with van der Waals surface area (Å²) in [6, 6.07) is 7.47. The van der Waals surface area contributed by atoms with Crippen molar-refractivity contribution in [3.8, 4) is 0 Å². The summed E-state index contributed by atoms with van der Waals surface area (Å²) >= 11 is 3.87. The molecular weight excluding hydrogens is 364 g/mol. The van der Waals surface area contributed by atoms with Crippen LogP contribution in [0.5, 0.6) is 0 Å². The zero-order chi connectivity index (χ0) is 17.3. The highest BCUT2D eigenvalue weighted by atomic mass is 32.2. The Bertz CT molecular complexity index is 698. The molecule has 5 nitrogen and oxygen atoms in total. The van der Waals surface area contributed by atoms with E-state index in [-0.39, 0.29) is 23.5 Å². The summed E-state index contributed by atoms with van der Waals surface area (Å²) in [5.41, 5.74) is 1.84. The third-order valence-electron chi connectivity index (χ3n) is 4.24. The highest BCUT2D eigenvalue weighted by molar-refractivity contribution is 8.19. The van der Waals surface area contributed by atoms with E-state index in [1.165, 1.54) is 17.1 Å². The predicted molar refractivity (Wildman–Crippen MR) is 101 cm³/mol. The number of amides is 1. The van der Waals surface area contributed by atoms with E-state index in [9.17, 15) is 13.2 Å². The van der Waals surface area contributed by atoms with Gasteiger partial charge in [0, 0.05) is 31.2 Å². The van der Waals surface area contributed by atoms with Gasteiger partial charge in [0.25, 0.3) is 5.91 Å². The number of sulfone groups is 1. The molecular formula is C16H22N2O3S3. The first-order chi connectivity index (χ1) is 11.4. The maximum absolute atomic E-state index is 12.9. The normalized spacial score (nSPS) is 23.7. The van der Waals surface area contributed by atoms with Crippen molar-refractivity contribution in [2.75, 3.05) is 37.1 Å². The van der Waals surface area contributed by atoms with E-state index in [1.54, 1.807) is 24.1 Å². The Hall–Kier alpha value is -0.700. The zero-order valence-electron chi connectivity index (χ0n) is 13.8. The minimum Gasteiger partial charge on any atom is -0.268 e. The average Bonchev–Trinajstić information content (AvgIpc) is 3.17. The average molecular weight is 387 g/mol. The van der Waals surface area contributed by atoms with Gasteiger partial charge >= 0.3 is 0 Å². The lowest BCUT2D eigenvalue weighted by Crippen LogP contribution is -2.49. The number of thioether (sulfide) groups is 2. The van der Waals surface area contributed by atoms with Crippen molar-refractivity contribution in [1.29, 1.82) is 0 Å². The van der Waals surface area contributed by atoms with Gasteiger partial charge < -0.3 is 0 Å². The number of hydrazine groups is 1. The van der Waals surface area contributed by atoms with E-state index >= 15 is 0 Å². The van der Waals surface area contributed by atoms with Crippen molar-refractivity contribution in [2.45, 2.75) is 17.0 Å². The maximum atomic E-state index is 12.9. The SMILES string of the molecule is CN(C)N(C(=O)c1ccc(C2SCCS2)cc1)[C@@H]1CCS(=O)(=O)C1. The number of nitrogens with zero attached hydrogens (tertiary/aromatic N) is 2. The first-order valence-corrected chi connectivity index (χ1v) is 11.8. The lowest BCUT2D eigenvalue weighted by atomic mass is 10.1. The van der Waals surface area contributed by atoms with Crippen LogP contribution < -0.4 is 0 Å². The summed E-state index contributed by atoms with van der Waals surface area (Å²) in [6.45, 7) is 0. The second-order valence-electron chi connectivity index (χ2n) is 6.25. The van der Waals surface area contributed by atoms with Crippen molar-refractivity contribution >= 4 is 39.3 Å². The van der Waals surface area contributed by atoms with E-state index in [0.717, 1.165) is 0 Å². The van der Waals surface area contributed by atoms with Crippen LogP contribution in [0.25, 0.3) is 0 Å². The van der Waals surface area contributed by atoms with Crippen molar-refractivity contribution < 1.29 is 13.2 Å². The van der Waals surface area contributed by atoms with E-state index in [4.69, 9.17) is 0 Å². The fourth-order valence-corrected chi connectivity index (χ4v) is 7.66. The molecule has 24 heavy (non-hydrogen) atoms. The van der Waals surface area contributed by atoms with Gasteiger partial charge in [-0.3, -0.25) is 9.80 Å². The van der Waals surface area contributed by atoms with Crippen LogP contribution in [-0.4, -0.2) is 67.5 Å². The minimum absolute atomic E-state index is 0.0460. The molecule has 2 aliphatic heterocycles. The Balaban J connectivity index is 1.77. The molecule has 2 fully saturated rings. The van der Waals surface area contributed by atoms with Gasteiger partial charge in [0.05, 0.1) is 22.1 Å². The van der Waals surface area contributed by atoms with Crippen LogP contribution in [0.1, 0.15) is 26.9 Å². The van der Waals surface area contributed by atoms with Gasteiger partial charge in [-0.2, -0.15) is 0 Å². The Morgan fingerprint density at radius 1 is 1.12 bits per heavy atom. The fraction of sp³-hybridized carbons (Fsp3) is 0.562. The van der Waals surface area contributed by atoms with E-state index in [0.29, 0.717) is 16.6 Å². The molecule has 0 aromatic heterocycles. The standard InChI is InChI=1S/C16H22N2O3S3/c1-17(2)18(14-7-10-24(20,21)11-14)15(19)12-3-5-13(6-4-12)16-22-8-9-23-16/h3-6,14,16H,7-11H2,1-2H3/t14-/m1/s1. The Morgan fingerprint density at radius 2 is 1.75 bits per heavy atom. The molecule has 0 saturated carbocycles. The monoisotopic (exact) mass is 386 g/mol. The molecule has 2 saturated heterocycles. The second-order valence-corrected chi connectivity index (χ2v) is 11.2. The number of benzene rings is 1. The van der Waals surface area contributed by atoms with Gasteiger partial charge in [-0.05, 0) is 24.1 Å². The molecule has 1 aromatic rings. The maximum Gasteiger partial charge on any atom is 0.268 e. The van der Waals surface area contributed by atoms with Crippen molar-refractivity contribution in [3.63, 3.8) is 0 Å². The fourth-order valence-electron chi connectivity index (χ4n) is 3.11. The van der Waals surface area contributed by atoms with Crippen LogP contribution >= 0.6 is 23.5 Å². The summed E-state index contributed by atoms with van der Waals surface area (Å²) in [7, 11) is 0.528. The largest absolute Gasteiger partial charge is 0.268 e. The molecule has 0 N–H and O–H groups in total. The predicted octanol–water partition coefficient (Wildman–Crippen LogP) is 2.27. The lowest BCUT2D eigenvalue weighted by molar-refractivity contribution is 0.00101. The molecule has 3 rings (SSSR count). The number of hydrogen-bond acceptors (Lipinski definition) is 6. The lowest BCUT2D eigenvalue weighted by Gasteiger charge is -2.33. The van der Waals surface area contributed by atoms with Gasteiger partial charge in [-0.25, -0.2) is 13.4 Å². The Kier molecular flexibility index (Phi) is 5.48. The first-order valence-electron chi connectivity index (χ1n) is 7.92. The molecule has 2 heterocycles.